The summed E-state index contributed by atoms with van der Waals surface area (Å²) in [5.41, 5.74) is -0.214. The summed E-state index contributed by atoms with van der Waals surface area (Å²) in [5.74, 6) is 0. The first-order chi connectivity index (χ1) is 7.84. The van der Waals surface area contributed by atoms with Crippen molar-refractivity contribution in [3.63, 3.8) is 0 Å². The van der Waals surface area contributed by atoms with Gasteiger partial charge in [-0.15, -0.1) is 0 Å². The summed E-state index contributed by atoms with van der Waals surface area (Å²) in [5, 5.41) is -0.351. The standard InChI is InChI=1S/C10H8ClF3N2O/c1-16-8-4-6(11)5(10(12,13)14)3-7(8)15-9(16)17-2/h3-4H,1-2H3. The highest BCUT2D eigenvalue weighted by atomic mass is 35.5. The molecule has 92 valence electrons. The molecule has 0 fully saturated rings. The van der Waals surface area contributed by atoms with Gasteiger partial charge in [0.05, 0.1) is 28.7 Å². The fraction of sp³-hybridized carbons (Fsp3) is 0.300. The summed E-state index contributed by atoms with van der Waals surface area (Å²) in [4.78, 5) is 3.93. The van der Waals surface area contributed by atoms with E-state index in [-0.39, 0.29) is 16.5 Å². The highest BCUT2D eigenvalue weighted by Gasteiger charge is 2.34. The van der Waals surface area contributed by atoms with E-state index < -0.39 is 11.7 Å². The topological polar surface area (TPSA) is 27.1 Å². The Morgan fingerprint density at radius 1 is 1.35 bits per heavy atom. The highest BCUT2D eigenvalue weighted by Crippen LogP contribution is 2.37. The second-order valence-electron chi connectivity index (χ2n) is 3.48. The van der Waals surface area contributed by atoms with E-state index in [1.54, 1.807) is 7.05 Å². The fourth-order valence-electron chi connectivity index (χ4n) is 1.59. The fourth-order valence-corrected chi connectivity index (χ4v) is 1.86. The number of halogens is 4. The van der Waals surface area contributed by atoms with Crippen LogP contribution in [0.15, 0.2) is 12.1 Å². The molecule has 1 aromatic heterocycles. The van der Waals surface area contributed by atoms with E-state index in [0.717, 1.165) is 6.07 Å². The number of fused-ring (bicyclic) bond motifs is 1. The van der Waals surface area contributed by atoms with E-state index in [2.05, 4.69) is 4.98 Å². The zero-order valence-electron chi connectivity index (χ0n) is 8.97. The normalized spacial score (nSPS) is 12.1. The summed E-state index contributed by atoms with van der Waals surface area (Å²) in [7, 11) is 3.03. The van der Waals surface area contributed by atoms with Crippen molar-refractivity contribution in [3.8, 4) is 6.01 Å². The summed E-state index contributed by atoms with van der Waals surface area (Å²) >= 11 is 5.61. The van der Waals surface area contributed by atoms with E-state index in [4.69, 9.17) is 16.3 Å². The molecular weight excluding hydrogens is 257 g/mol. The molecule has 3 nitrogen and oxygen atoms in total. The van der Waals surface area contributed by atoms with Crippen LogP contribution < -0.4 is 4.74 Å². The van der Waals surface area contributed by atoms with Crippen LogP contribution in [0, 0.1) is 0 Å². The van der Waals surface area contributed by atoms with Crippen LogP contribution in [0.1, 0.15) is 5.56 Å². The quantitative estimate of drug-likeness (QED) is 0.790. The number of aryl methyl sites for hydroxylation is 1. The first-order valence-electron chi connectivity index (χ1n) is 4.61. The predicted molar refractivity (Wildman–Crippen MR) is 57.3 cm³/mol. The van der Waals surface area contributed by atoms with Gasteiger partial charge in [0.25, 0.3) is 6.01 Å². The number of benzene rings is 1. The zero-order chi connectivity index (χ0) is 12.8. The average molecular weight is 265 g/mol. The average Bonchev–Trinajstić information content (AvgIpc) is 2.53. The third-order valence-corrected chi connectivity index (χ3v) is 2.73. The van der Waals surface area contributed by atoms with Gasteiger partial charge in [0.15, 0.2) is 0 Å². The molecule has 1 aromatic carbocycles. The maximum absolute atomic E-state index is 12.6. The van der Waals surface area contributed by atoms with Gasteiger partial charge in [0.2, 0.25) is 0 Å². The molecule has 7 heteroatoms. The van der Waals surface area contributed by atoms with Gasteiger partial charge in [-0.2, -0.15) is 18.2 Å². The van der Waals surface area contributed by atoms with Gasteiger partial charge < -0.3 is 4.74 Å². The minimum Gasteiger partial charge on any atom is -0.468 e. The third-order valence-electron chi connectivity index (χ3n) is 2.42. The second-order valence-corrected chi connectivity index (χ2v) is 3.88. The molecule has 0 spiro atoms. The molecule has 2 rings (SSSR count). The van der Waals surface area contributed by atoms with Crippen LogP contribution in [0.4, 0.5) is 13.2 Å². The molecule has 0 unspecified atom stereocenters. The van der Waals surface area contributed by atoms with Crippen LogP contribution >= 0.6 is 11.6 Å². The molecule has 2 aromatic rings. The van der Waals surface area contributed by atoms with Crippen LogP contribution in [0.3, 0.4) is 0 Å². The summed E-state index contributed by atoms with van der Waals surface area (Å²) in [6, 6.07) is 2.38. The minimum atomic E-state index is -4.49. The van der Waals surface area contributed by atoms with E-state index in [1.165, 1.54) is 17.7 Å². The Bertz CT molecular complexity index is 577. The number of methoxy groups -OCH3 is 1. The lowest BCUT2D eigenvalue weighted by Crippen LogP contribution is -2.05. The van der Waals surface area contributed by atoms with Gasteiger partial charge in [-0.3, -0.25) is 4.57 Å². The van der Waals surface area contributed by atoms with E-state index in [9.17, 15) is 13.2 Å². The number of ether oxygens (including phenoxy) is 1. The van der Waals surface area contributed by atoms with Gasteiger partial charge in [0, 0.05) is 7.05 Å². The molecule has 0 saturated carbocycles. The van der Waals surface area contributed by atoms with Crippen LogP contribution in [0.25, 0.3) is 11.0 Å². The van der Waals surface area contributed by atoms with E-state index in [0.29, 0.717) is 5.52 Å². The maximum Gasteiger partial charge on any atom is 0.417 e. The van der Waals surface area contributed by atoms with Crippen molar-refractivity contribution in [1.82, 2.24) is 9.55 Å². The SMILES string of the molecule is COc1nc2cc(C(F)(F)F)c(Cl)cc2n1C. The Balaban J connectivity index is 2.74. The molecule has 0 amide bonds. The van der Waals surface area contributed by atoms with Crippen molar-refractivity contribution in [1.29, 1.82) is 0 Å². The molecule has 0 aliphatic rings. The Kier molecular flexibility index (Phi) is 2.69. The molecule has 0 aliphatic carbocycles. The van der Waals surface area contributed by atoms with E-state index >= 15 is 0 Å². The molecule has 0 atom stereocenters. The van der Waals surface area contributed by atoms with Crippen molar-refractivity contribution >= 4 is 22.6 Å². The van der Waals surface area contributed by atoms with E-state index in [1.807, 2.05) is 0 Å². The molecule has 0 aliphatic heterocycles. The first-order valence-corrected chi connectivity index (χ1v) is 4.99. The molecular formula is C10H8ClF3N2O. The van der Waals surface area contributed by atoms with Gasteiger partial charge in [-0.25, -0.2) is 0 Å². The van der Waals surface area contributed by atoms with Crippen LogP contribution in [-0.4, -0.2) is 16.7 Å². The minimum absolute atomic E-state index is 0.195. The smallest absolute Gasteiger partial charge is 0.417 e. The summed E-state index contributed by atoms with van der Waals surface area (Å²) in [6.45, 7) is 0. The lowest BCUT2D eigenvalue weighted by molar-refractivity contribution is -0.137. The van der Waals surface area contributed by atoms with Gasteiger partial charge >= 0.3 is 6.18 Å². The maximum atomic E-state index is 12.6. The van der Waals surface area contributed by atoms with Crippen molar-refractivity contribution in [2.45, 2.75) is 6.18 Å². The summed E-state index contributed by atoms with van der Waals surface area (Å²) < 4.78 is 44.3. The van der Waals surface area contributed by atoms with Crippen molar-refractivity contribution in [2.24, 2.45) is 7.05 Å². The Labute approximate surface area is 99.8 Å². The van der Waals surface area contributed by atoms with Crippen molar-refractivity contribution < 1.29 is 17.9 Å². The Morgan fingerprint density at radius 3 is 2.53 bits per heavy atom. The van der Waals surface area contributed by atoms with Crippen molar-refractivity contribution in [3.05, 3.63) is 22.7 Å². The predicted octanol–water partition coefficient (Wildman–Crippen LogP) is 3.25. The van der Waals surface area contributed by atoms with Crippen molar-refractivity contribution in [2.75, 3.05) is 7.11 Å². The number of imidazole rings is 1. The number of hydrogen-bond donors (Lipinski definition) is 0. The molecule has 0 N–H and O–H groups in total. The number of rotatable bonds is 1. The largest absolute Gasteiger partial charge is 0.468 e. The lowest BCUT2D eigenvalue weighted by Gasteiger charge is -2.08. The second kappa shape index (κ2) is 3.80. The zero-order valence-corrected chi connectivity index (χ0v) is 9.73. The molecule has 0 bridgehead atoms. The number of aromatic nitrogens is 2. The highest BCUT2D eigenvalue weighted by molar-refractivity contribution is 6.32. The monoisotopic (exact) mass is 264 g/mol. The first kappa shape index (κ1) is 12.0. The van der Waals surface area contributed by atoms with Gasteiger partial charge in [0.1, 0.15) is 0 Å². The number of alkyl halides is 3. The van der Waals surface area contributed by atoms with Gasteiger partial charge in [-0.05, 0) is 12.1 Å². The molecule has 0 radical (unpaired) electrons. The Morgan fingerprint density at radius 2 is 2.00 bits per heavy atom. The molecule has 1 heterocycles. The van der Waals surface area contributed by atoms with Crippen LogP contribution in [0.5, 0.6) is 6.01 Å². The lowest BCUT2D eigenvalue weighted by atomic mass is 10.2. The number of nitrogens with zero attached hydrogens (tertiary/aromatic N) is 2. The molecule has 17 heavy (non-hydrogen) atoms. The van der Waals surface area contributed by atoms with Gasteiger partial charge in [-0.1, -0.05) is 11.6 Å². The number of hydrogen-bond acceptors (Lipinski definition) is 2. The molecule has 0 saturated heterocycles. The Hall–Kier alpha value is -1.43. The third kappa shape index (κ3) is 1.93. The van der Waals surface area contributed by atoms with Crippen LogP contribution in [-0.2, 0) is 13.2 Å². The summed E-state index contributed by atoms with van der Waals surface area (Å²) in [6.07, 6.45) is -4.49. The van der Waals surface area contributed by atoms with Crippen LogP contribution in [0.2, 0.25) is 5.02 Å².